The van der Waals surface area contributed by atoms with Gasteiger partial charge in [0.05, 0.1) is 40.7 Å². The summed E-state index contributed by atoms with van der Waals surface area (Å²) in [6.45, 7) is 6.45. The molecule has 0 N–H and O–H groups in total. The van der Waals surface area contributed by atoms with Crippen LogP contribution >= 0.6 is 27.5 Å². The predicted molar refractivity (Wildman–Crippen MR) is 168 cm³/mol. The number of benzene rings is 3. The zero-order valence-electron chi connectivity index (χ0n) is 24.0. The highest BCUT2D eigenvalue weighted by Gasteiger charge is 2.32. The highest BCUT2D eigenvalue weighted by molar-refractivity contribution is 9.10. The van der Waals surface area contributed by atoms with Gasteiger partial charge in [0, 0.05) is 29.5 Å². The number of fused-ring (bicyclic) bond motifs is 1. The summed E-state index contributed by atoms with van der Waals surface area (Å²) >= 11 is 9.61. The first-order valence-corrected chi connectivity index (χ1v) is 15.1. The van der Waals surface area contributed by atoms with E-state index in [0.717, 1.165) is 5.56 Å². The summed E-state index contributed by atoms with van der Waals surface area (Å²) in [5.41, 5.74) is 2.83. The number of rotatable bonds is 8. The monoisotopic (exact) mass is 660 g/mol. The van der Waals surface area contributed by atoms with Gasteiger partial charge in [-0.15, -0.1) is 0 Å². The van der Waals surface area contributed by atoms with Gasteiger partial charge < -0.3 is 9.64 Å². The zero-order valence-corrected chi connectivity index (χ0v) is 26.4. The predicted octanol–water partition coefficient (Wildman–Crippen LogP) is 6.75. The Hall–Kier alpha value is -4.13. The van der Waals surface area contributed by atoms with E-state index in [1.165, 1.54) is 4.57 Å². The minimum Gasteiger partial charge on any atom is -0.491 e. The molecular weight excluding hydrogens is 632 g/mol. The average molecular weight is 662 g/mol. The number of carbonyl (C=O) groups excluding carboxylic acids is 2. The molecule has 0 saturated carbocycles. The maximum atomic E-state index is 14.1. The number of imidazole rings is 1. The quantitative estimate of drug-likeness (QED) is 0.195. The van der Waals surface area contributed by atoms with Crippen molar-refractivity contribution in [1.29, 1.82) is 5.26 Å². The molecular formula is C33H30BrClN4O4. The first kappa shape index (κ1) is 30.3. The van der Waals surface area contributed by atoms with Crippen LogP contribution in [0.3, 0.4) is 0 Å². The molecule has 1 aliphatic rings. The number of halogens is 2. The Morgan fingerprint density at radius 3 is 2.35 bits per heavy atom. The van der Waals surface area contributed by atoms with Crippen LogP contribution < -0.4 is 10.4 Å². The van der Waals surface area contributed by atoms with Crippen molar-refractivity contribution < 1.29 is 14.3 Å². The van der Waals surface area contributed by atoms with Crippen LogP contribution in [0.15, 0.2) is 76.0 Å². The number of nitriles is 1. The van der Waals surface area contributed by atoms with E-state index >= 15 is 0 Å². The number of aromatic nitrogens is 2. The van der Waals surface area contributed by atoms with Gasteiger partial charge in [0.2, 0.25) is 0 Å². The second-order valence-corrected chi connectivity index (χ2v) is 12.1. The summed E-state index contributed by atoms with van der Waals surface area (Å²) < 4.78 is 9.50. The van der Waals surface area contributed by atoms with Gasteiger partial charge in [0.25, 0.3) is 5.91 Å². The summed E-state index contributed by atoms with van der Waals surface area (Å²) in [4.78, 5) is 43.1. The van der Waals surface area contributed by atoms with Gasteiger partial charge >= 0.3 is 5.69 Å². The van der Waals surface area contributed by atoms with Crippen LogP contribution in [0.4, 0.5) is 0 Å². The summed E-state index contributed by atoms with van der Waals surface area (Å²) in [5.74, 6) is 0.0296. The van der Waals surface area contributed by atoms with E-state index in [0.29, 0.717) is 44.3 Å². The van der Waals surface area contributed by atoms with Gasteiger partial charge in [-0.1, -0.05) is 30.7 Å². The minimum absolute atomic E-state index is 0.0136. The molecule has 2 heterocycles. The number of carbonyl (C=O) groups is 2. The Morgan fingerprint density at radius 2 is 1.72 bits per heavy atom. The molecule has 10 heteroatoms. The van der Waals surface area contributed by atoms with Crippen molar-refractivity contribution in [3.8, 4) is 17.5 Å². The lowest BCUT2D eigenvalue weighted by Crippen LogP contribution is -2.41. The molecule has 1 aromatic heterocycles. The SMILES string of the molecule is CC(C)Oc1ccc(-n2c(C(=O)C[C@@H](C)c3ccc(C#N)cc3)c3n(c2=O)CCN(C(=O)c2ccc(Br)c(Cl)c2)C3)cc1. The van der Waals surface area contributed by atoms with Crippen molar-refractivity contribution in [2.75, 3.05) is 6.54 Å². The first-order chi connectivity index (χ1) is 20.6. The van der Waals surface area contributed by atoms with Crippen LogP contribution in [-0.4, -0.2) is 38.4 Å². The third-order valence-electron chi connectivity index (χ3n) is 7.46. The van der Waals surface area contributed by atoms with Crippen molar-refractivity contribution in [2.45, 2.75) is 52.3 Å². The molecule has 0 bridgehead atoms. The van der Waals surface area contributed by atoms with Gasteiger partial charge in [-0.25, -0.2) is 4.79 Å². The summed E-state index contributed by atoms with van der Waals surface area (Å²) in [6, 6.07) is 21.3. The van der Waals surface area contributed by atoms with Gasteiger partial charge in [-0.2, -0.15) is 5.26 Å². The van der Waals surface area contributed by atoms with Crippen molar-refractivity contribution in [3.63, 3.8) is 0 Å². The summed E-state index contributed by atoms with van der Waals surface area (Å²) in [6.07, 6.45) is 0.119. The number of amides is 1. The van der Waals surface area contributed by atoms with Crippen LogP contribution in [0.1, 0.15) is 70.8 Å². The molecule has 1 aliphatic heterocycles. The fourth-order valence-corrected chi connectivity index (χ4v) is 5.72. The van der Waals surface area contributed by atoms with Crippen LogP contribution in [0.2, 0.25) is 5.02 Å². The van der Waals surface area contributed by atoms with E-state index in [4.69, 9.17) is 21.6 Å². The molecule has 0 aliphatic carbocycles. The molecule has 1 atom stereocenters. The van der Waals surface area contributed by atoms with E-state index in [1.807, 2.05) is 32.9 Å². The van der Waals surface area contributed by atoms with E-state index < -0.39 is 0 Å². The smallest absolute Gasteiger partial charge is 0.333 e. The second kappa shape index (κ2) is 12.6. The van der Waals surface area contributed by atoms with Crippen LogP contribution in [-0.2, 0) is 13.1 Å². The summed E-state index contributed by atoms with van der Waals surface area (Å²) in [7, 11) is 0. The number of ether oxygens (including phenoxy) is 1. The lowest BCUT2D eigenvalue weighted by Gasteiger charge is -2.28. The molecule has 43 heavy (non-hydrogen) atoms. The van der Waals surface area contributed by atoms with E-state index in [9.17, 15) is 14.4 Å². The Morgan fingerprint density at radius 1 is 1.02 bits per heavy atom. The third-order valence-corrected chi connectivity index (χ3v) is 8.70. The average Bonchev–Trinajstić information content (AvgIpc) is 3.29. The van der Waals surface area contributed by atoms with Crippen molar-refractivity contribution in [1.82, 2.24) is 14.0 Å². The van der Waals surface area contributed by atoms with Crippen LogP contribution in [0.5, 0.6) is 5.75 Å². The van der Waals surface area contributed by atoms with Crippen molar-refractivity contribution in [2.24, 2.45) is 0 Å². The van der Waals surface area contributed by atoms with Gasteiger partial charge in [-0.3, -0.25) is 18.7 Å². The minimum atomic E-state index is -0.333. The molecule has 0 radical (unpaired) electrons. The third kappa shape index (κ3) is 6.31. The molecule has 8 nitrogen and oxygen atoms in total. The topological polar surface area (TPSA) is 97.3 Å². The van der Waals surface area contributed by atoms with E-state index in [2.05, 4.69) is 22.0 Å². The Labute approximate surface area is 263 Å². The Balaban J connectivity index is 1.54. The van der Waals surface area contributed by atoms with E-state index in [-0.39, 0.29) is 54.6 Å². The van der Waals surface area contributed by atoms with Gasteiger partial charge in [0.15, 0.2) is 5.78 Å². The molecule has 0 saturated heterocycles. The fourth-order valence-electron chi connectivity index (χ4n) is 5.30. The van der Waals surface area contributed by atoms with Crippen LogP contribution in [0.25, 0.3) is 5.69 Å². The highest BCUT2D eigenvalue weighted by atomic mass is 79.9. The standard InChI is InChI=1S/C33H30BrClN4O4/c1-20(2)43-26-11-9-25(10-12-26)39-31(30(40)16-21(3)23-6-4-22(18-36)5-7-23)29-19-37(14-15-38(29)33(39)42)32(41)24-8-13-27(34)28(35)17-24/h4-13,17,20-21H,14-16,19H2,1-3H3/t21-/m1/s1. The number of hydrogen-bond donors (Lipinski definition) is 0. The highest BCUT2D eigenvalue weighted by Crippen LogP contribution is 2.29. The van der Waals surface area contributed by atoms with Gasteiger partial charge in [-0.05, 0) is 95.9 Å². The number of hydrogen-bond acceptors (Lipinski definition) is 5. The van der Waals surface area contributed by atoms with Crippen molar-refractivity contribution in [3.05, 3.63) is 115 Å². The lowest BCUT2D eigenvalue weighted by atomic mass is 9.93. The molecule has 0 unspecified atom stereocenters. The van der Waals surface area contributed by atoms with E-state index in [1.54, 1.807) is 64.1 Å². The molecule has 0 spiro atoms. The molecule has 5 rings (SSSR count). The maximum absolute atomic E-state index is 14.1. The Bertz CT molecular complexity index is 1790. The van der Waals surface area contributed by atoms with Crippen LogP contribution in [0, 0.1) is 11.3 Å². The lowest BCUT2D eigenvalue weighted by molar-refractivity contribution is 0.0706. The largest absolute Gasteiger partial charge is 0.491 e. The maximum Gasteiger partial charge on any atom is 0.333 e. The molecule has 0 fully saturated rings. The molecule has 220 valence electrons. The molecule has 3 aromatic carbocycles. The summed E-state index contributed by atoms with van der Waals surface area (Å²) in [5, 5.41) is 9.57. The molecule has 1 amide bonds. The number of ketones is 1. The van der Waals surface area contributed by atoms with Crippen molar-refractivity contribution >= 4 is 39.2 Å². The first-order valence-electron chi connectivity index (χ1n) is 14.0. The Kier molecular flexibility index (Phi) is 8.90. The number of nitrogens with zero attached hydrogens (tertiary/aromatic N) is 4. The van der Waals surface area contributed by atoms with Gasteiger partial charge in [0.1, 0.15) is 11.4 Å². The normalized spacial score (nSPS) is 13.4. The fraction of sp³-hybridized carbons (Fsp3) is 0.273. The second-order valence-electron chi connectivity index (χ2n) is 10.8. The zero-order chi connectivity index (χ0) is 30.8. The number of Topliss-reactive ketones (excluding diaryl/α,β-unsaturated/α-hetero) is 1. The molecule has 4 aromatic rings.